The summed E-state index contributed by atoms with van der Waals surface area (Å²) >= 11 is 0. The third-order valence-corrected chi connectivity index (χ3v) is 4.59. The fraction of sp³-hybridized carbons (Fsp3) is 0.917. The Bertz CT molecular complexity index is 286. The highest BCUT2D eigenvalue weighted by atomic mass is 16.2. The molecule has 4 heteroatoms. The minimum atomic E-state index is 0.253. The Balaban J connectivity index is 1.85. The van der Waals surface area contributed by atoms with Crippen LogP contribution in [0, 0.1) is 5.92 Å². The number of carbonyl (C=O) groups is 1. The lowest BCUT2D eigenvalue weighted by Gasteiger charge is -2.47. The van der Waals surface area contributed by atoms with Crippen molar-refractivity contribution in [2.75, 3.05) is 32.7 Å². The summed E-state index contributed by atoms with van der Waals surface area (Å²) in [6, 6.07) is 0. The van der Waals surface area contributed by atoms with E-state index in [1.54, 1.807) is 0 Å². The topological polar surface area (TPSA) is 44.4 Å². The molecule has 16 heavy (non-hydrogen) atoms. The molecule has 90 valence electrons. The second kappa shape index (κ2) is 4.00. The summed E-state index contributed by atoms with van der Waals surface area (Å²) in [5.41, 5.74) is 0.260. The quantitative estimate of drug-likeness (QED) is 0.605. The third kappa shape index (κ3) is 1.64. The van der Waals surface area contributed by atoms with Crippen LogP contribution in [-0.4, -0.2) is 49.1 Å². The van der Waals surface area contributed by atoms with E-state index in [0.717, 1.165) is 32.6 Å². The standard InChI is InChI=1S/C12H21N3O/c16-11-10-2-1-7-15(8-10)12(9-14-11)3-5-13-6-4-12/h10,13H,1-9H2,(H,14,16). The summed E-state index contributed by atoms with van der Waals surface area (Å²) < 4.78 is 0. The highest BCUT2D eigenvalue weighted by Crippen LogP contribution is 2.32. The van der Waals surface area contributed by atoms with E-state index in [-0.39, 0.29) is 11.5 Å². The van der Waals surface area contributed by atoms with E-state index in [0.29, 0.717) is 5.91 Å². The first-order chi connectivity index (χ1) is 7.80. The summed E-state index contributed by atoms with van der Waals surface area (Å²) in [4.78, 5) is 14.5. The molecule has 3 aliphatic heterocycles. The van der Waals surface area contributed by atoms with Gasteiger partial charge in [-0.3, -0.25) is 9.69 Å². The van der Waals surface area contributed by atoms with Crippen LogP contribution in [0.2, 0.25) is 0 Å². The Morgan fingerprint density at radius 2 is 2.12 bits per heavy atom. The van der Waals surface area contributed by atoms with Gasteiger partial charge in [0.25, 0.3) is 0 Å². The number of fused-ring (bicyclic) bond motifs is 3. The van der Waals surface area contributed by atoms with Crippen molar-refractivity contribution in [1.29, 1.82) is 0 Å². The summed E-state index contributed by atoms with van der Waals surface area (Å²) in [6.45, 7) is 5.23. The van der Waals surface area contributed by atoms with E-state index in [1.807, 2.05) is 0 Å². The van der Waals surface area contributed by atoms with Crippen molar-refractivity contribution in [3.63, 3.8) is 0 Å². The van der Waals surface area contributed by atoms with Gasteiger partial charge in [0.2, 0.25) is 5.91 Å². The lowest BCUT2D eigenvalue weighted by atomic mass is 9.84. The Hall–Kier alpha value is -0.610. The van der Waals surface area contributed by atoms with Crippen LogP contribution in [0.15, 0.2) is 0 Å². The molecule has 0 aromatic rings. The van der Waals surface area contributed by atoms with Crippen LogP contribution in [-0.2, 0) is 4.79 Å². The predicted octanol–water partition coefficient (Wildman–Crippen LogP) is -0.0496. The van der Waals surface area contributed by atoms with Crippen LogP contribution in [0.3, 0.4) is 0 Å². The Morgan fingerprint density at radius 3 is 2.94 bits per heavy atom. The molecule has 0 radical (unpaired) electrons. The molecule has 3 rings (SSSR count). The Kier molecular flexibility index (Phi) is 2.64. The Labute approximate surface area is 96.8 Å². The summed E-state index contributed by atoms with van der Waals surface area (Å²) in [5, 5.41) is 6.59. The fourth-order valence-electron chi connectivity index (χ4n) is 3.51. The van der Waals surface area contributed by atoms with Gasteiger partial charge in [0.05, 0.1) is 5.92 Å². The fourth-order valence-corrected chi connectivity index (χ4v) is 3.51. The number of hydrogen-bond acceptors (Lipinski definition) is 3. The van der Waals surface area contributed by atoms with Gasteiger partial charge in [-0.2, -0.15) is 0 Å². The van der Waals surface area contributed by atoms with Gasteiger partial charge < -0.3 is 10.6 Å². The van der Waals surface area contributed by atoms with Crippen LogP contribution in [0.25, 0.3) is 0 Å². The highest BCUT2D eigenvalue weighted by molar-refractivity contribution is 5.79. The van der Waals surface area contributed by atoms with Gasteiger partial charge in [-0.1, -0.05) is 0 Å². The second-order valence-electron chi connectivity index (χ2n) is 5.48. The molecular formula is C12H21N3O. The molecule has 2 unspecified atom stereocenters. The average Bonchev–Trinajstić information content (AvgIpc) is 2.44. The molecule has 2 atom stereocenters. The van der Waals surface area contributed by atoms with Crippen molar-refractivity contribution in [2.45, 2.75) is 31.2 Å². The van der Waals surface area contributed by atoms with Crippen molar-refractivity contribution in [3.05, 3.63) is 0 Å². The molecule has 4 nitrogen and oxygen atoms in total. The largest absolute Gasteiger partial charge is 0.354 e. The van der Waals surface area contributed by atoms with Gasteiger partial charge in [-0.25, -0.2) is 0 Å². The molecule has 3 fully saturated rings. The van der Waals surface area contributed by atoms with Crippen molar-refractivity contribution in [2.24, 2.45) is 5.92 Å². The molecule has 1 amide bonds. The van der Waals surface area contributed by atoms with Crippen LogP contribution in [0.4, 0.5) is 0 Å². The van der Waals surface area contributed by atoms with Crippen molar-refractivity contribution in [3.8, 4) is 0 Å². The first-order valence-electron chi connectivity index (χ1n) is 6.54. The van der Waals surface area contributed by atoms with E-state index >= 15 is 0 Å². The third-order valence-electron chi connectivity index (χ3n) is 4.59. The van der Waals surface area contributed by atoms with E-state index in [1.165, 1.54) is 25.8 Å². The van der Waals surface area contributed by atoms with Crippen molar-refractivity contribution < 1.29 is 4.79 Å². The predicted molar refractivity (Wildman–Crippen MR) is 62.1 cm³/mol. The number of amides is 1. The van der Waals surface area contributed by atoms with Crippen LogP contribution >= 0.6 is 0 Å². The van der Waals surface area contributed by atoms with Crippen LogP contribution in [0.5, 0.6) is 0 Å². The number of nitrogens with zero attached hydrogens (tertiary/aromatic N) is 1. The van der Waals surface area contributed by atoms with Gasteiger partial charge >= 0.3 is 0 Å². The highest BCUT2D eigenvalue weighted by Gasteiger charge is 2.43. The van der Waals surface area contributed by atoms with E-state index < -0.39 is 0 Å². The number of hydrogen-bond donors (Lipinski definition) is 2. The smallest absolute Gasteiger partial charge is 0.224 e. The minimum Gasteiger partial charge on any atom is -0.354 e. The van der Waals surface area contributed by atoms with Crippen molar-refractivity contribution in [1.82, 2.24) is 15.5 Å². The second-order valence-corrected chi connectivity index (χ2v) is 5.48. The zero-order valence-corrected chi connectivity index (χ0v) is 9.80. The first kappa shape index (κ1) is 10.5. The molecule has 3 aliphatic rings. The number of rotatable bonds is 0. The molecule has 2 N–H and O–H groups in total. The normalized spacial score (nSPS) is 37.9. The maximum atomic E-state index is 11.9. The van der Waals surface area contributed by atoms with Crippen LogP contribution in [0.1, 0.15) is 25.7 Å². The molecule has 3 heterocycles. The number of piperidine rings is 2. The monoisotopic (exact) mass is 223 g/mol. The maximum Gasteiger partial charge on any atom is 0.224 e. The first-order valence-corrected chi connectivity index (χ1v) is 6.54. The van der Waals surface area contributed by atoms with Gasteiger partial charge in [0.15, 0.2) is 0 Å². The zero-order chi connectivity index (χ0) is 11.0. The van der Waals surface area contributed by atoms with E-state index in [9.17, 15) is 4.79 Å². The lowest BCUT2D eigenvalue weighted by Crippen LogP contribution is -2.59. The Morgan fingerprint density at radius 1 is 1.31 bits per heavy atom. The summed E-state index contributed by atoms with van der Waals surface area (Å²) in [5.74, 6) is 0.545. The molecular weight excluding hydrogens is 202 g/mol. The maximum absolute atomic E-state index is 11.9. The lowest BCUT2D eigenvalue weighted by molar-refractivity contribution is -0.125. The number of nitrogens with one attached hydrogen (secondary N) is 2. The minimum absolute atomic E-state index is 0.253. The summed E-state index contributed by atoms with van der Waals surface area (Å²) in [7, 11) is 0. The van der Waals surface area contributed by atoms with Crippen molar-refractivity contribution >= 4 is 5.91 Å². The van der Waals surface area contributed by atoms with E-state index in [4.69, 9.17) is 0 Å². The van der Waals surface area contributed by atoms with Crippen LogP contribution < -0.4 is 10.6 Å². The van der Waals surface area contributed by atoms with Gasteiger partial charge in [-0.15, -0.1) is 0 Å². The molecule has 1 spiro atoms. The van der Waals surface area contributed by atoms with Gasteiger partial charge in [0, 0.05) is 18.6 Å². The zero-order valence-electron chi connectivity index (χ0n) is 9.80. The molecule has 0 aromatic heterocycles. The molecule has 0 aromatic carbocycles. The molecule has 0 saturated carbocycles. The SMILES string of the molecule is O=C1NCC2(CCNCC2)N2CCCC1C2. The summed E-state index contributed by atoms with van der Waals surface area (Å²) in [6.07, 6.45) is 4.63. The van der Waals surface area contributed by atoms with Gasteiger partial charge in [-0.05, 0) is 45.3 Å². The van der Waals surface area contributed by atoms with E-state index in [2.05, 4.69) is 15.5 Å². The average molecular weight is 223 g/mol. The van der Waals surface area contributed by atoms with Gasteiger partial charge in [0.1, 0.15) is 0 Å². The molecule has 2 bridgehead atoms. The molecule has 3 saturated heterocycles. The number of carbonyl (C=O) groups excluding carboxylic acids is 1. The molecule has 0 aliphatic carbocycles.